The van der Waals surface area contributed by atoms with Gasteiger partial charge in [0.05, 0.1) is 0 Å². The van der Waals surface area contributed by atoms with Crippen molar-refractivity contribution in [1.29, 1.82) is 0 Å². The lowest BCUT2D eigenvalue weighted by Gasteiger charge is -2.24. The molecule has 0 N–H and O–H groups in total. The number of aromatic nitrogens is 2. The second-order valence-electron chi connectivity index (χ2n) is 10.2. The number of hydrogen-bond donors (Lipinski definition) is 0. The van der Waals surface area contributed by atoms with E-state index in [-0.39, 0.29) is 5.56 Å². The third-order valence-corrected chi connectivity index (χ3v) is 7.04. The number of aryl methyl sites for hydroxylation is 1. The van der Waals surface area contributed by atoms with Crippen LogP contribution in [0.25, 0.3) is 0 Å². The fraction of sp³-hybridized carbons (Fsp3) is 0.679. The molecule has 2 aromatic rings. The van der Waals surface area contributed by atoms with Crippen molar-refractivity contribution in [3.63, 3.8) is 0 Å². The monoisotopic (exact) mass is 477 g/mol. The third-order valence-electron chi connectivity index (χ3n) is 7.04. The lowest BCUT2D eigenvalue weighted by Crippen LogP contribution is -2.27. The quantitative estimate of drug-likeness (QED) is 0.229. The Kier molecular flexibility index (Phi) is 10.5. The molecular formula is C28H42F3N3. The van der Waals surface area contributed by atoms with Gasteiger partial charge >= 0.3 is 0 Å². The minimum Gasteiger partial charge on any atom is -0.296 e. The van der Waals surface area contributed by atoms with Crippen LogP contribution in [0.3, 0.4) is 0 Å². The van der Waals surface area contributed by atoms with Crippen molar-refractivity contribution < 1.29 is 13.2 Å². The van der Waals surface area contributed by atoms with Crippen LogP contribution in [0.1, 0.15) is 113 Å². The minimum atomic E-state index is -2.72. The first kappa shape index (κ1) is 26.8. The van der Waals surface area contributed by atoms with Crippen LogP contribution < -0.4 is 0 Å². The molecule has 0 unspecified atom stereocenters. The molecule has 1 fully saturated rings. The molecule has 1 aliphatic carbocycles. The summed E-state index contributed by atoms with van der Waals surface area (Å²) in [4.78, 5) is 2.69. The first-order chi connectivity index (χ1) is 16.4. The summed E-state index contributed by atoms with van der Waals surface area (Å²) in [5.74, 6) is -0.0600. The van der Waals surface area contributed by atoms with Crippen LogP contribution in [-0.2, 0) is 20.0 Å². The highest BCUT2D eigenvalue weighted by Crippen LogP contribution is 2.30. The van der Waals surface area contributed by atoms with Crippen LogP contribution in [0.15, 0.2) is 24.3 Å². The topological polar surface area (TPSA) is 21.1 Å². The molecule has 0 bridgehead atoms. The molecule has 0 atom stereocenters. The Morgan fingerprint density at radius 3 is 2.21 bits per heavy atom. The maximum Gasteiger partial charge on any atom is 0.282 e. The van der Waals surface area contributed by atoms with Crippen LogP contribution in [0.5, 0.6) is 0 Å². The van der Waals surface area contributed by atoms with Gasteiger partial charge in [0, 0.05) is 25.2 Å². The SMILES string of the molecule is CC(C)c1ccccc1CN(CCCCCCCCCCc1c(C(F)F)nn(C)c1F)C1CC1. The number of rotatable bonds is 16. The maximum absolute atomic E-state index is 14.0. The standard InChI is InChI=1S/C28H42F3N3/c1-21(2)24-15-12-11-14-22(24)20-34(23-17-18-23)19-13-9-7-5-4-6-8-10-16-25-26(27(29)30)32-33(3)28(25)31/h11-12,14-15,21,23,27H,4-10,13,16-20H2,1-3H3. The van der Waals surface area contributed by atoms with Gasteiger partial charge in [0.15, 0.2) is 0 Å². The summed E-state index contributed by atoms with van der Waals surface area (Å²) in [6, 6.07) is 9.66. The fourth-order valence-corrected chi connectivity index (χ4v) is 4.94. The fourth-order valence-electron chi connectivity index (χ4n) is 4.94. The number of unbranched alkanes of at least 4 members (excludes halogenated alkanes) is 7. The average molecular weight is 478 g/mol. The zero-order valence-corrected chi connectivity index (χ0v) is 21.2. The zero-order valence-electron chi connectivity index (χ0n) is 21.2. The van der Waals surface area contributed by atoms with Gasteiger partial charge in [0.2, 0.25) is 5.95 Å². The number of nitrogens with zero attached hydrogens (tertiary/aromatic N) is 3. The molecule has 0 amide bonds. The van der Waals surface area contributed by atoms with Gasteiger partial charge < -0.3 is 0 Å². The lowest BCUT2D eigenvalue weighted by atomic mass is 9.97. The summed E-state index contributed by atoms with van der Waals surface area (Å²) >= 11 is 0. The van der Waals surface area contributed by atoms with Gasteiger partial charge in [0.1, 0.15) is 5.69 Å². The second-order valence-corrected chi connectivity index (χ2v) is 10.2. The first-order valence-corrected chi connectivity index (χ1v) is 13.2. The molecule has 1 heterocycles. The van der Waals surface area contributed by atoms with E-state index in [4.69, 9.17) is 0 Å². The Hall–Kier alpha value is -1.82. The van der Waals surface area contributed by atoms with Gasteiger partial charge in [-0.2, -0.15) is 9.49 Å². The molecule has 1 saturated carbocycles. The minimum absolute atomic E-state index is 0.0914. The molecule has 0 spiro atoms. The molecule has 1 aromatic heterocycles. The van der Waals surface area contributed by atoms with Gasteiger partial charge in [-0.3, -0.25) is 4.90 Å². The first-order valence-electron chi connectivity index (χ1n) is 13.2. The van der Waals surface area contributed by atoms with E-state index in [0.29, 0.717) is 12.3 Å². The van der Waals surface area contributed by atoms with Crippen LogP contribution in [0.4, 0.5) is 13.2 Å². The molecule has 0 aliphatic heterocycles. The van der Waals surface area contributed by atoms with Gasteiger partial charge in [-0.15, -0.1) is 0 Å². The van der Waals surface area contributed by atoms with E-state index in [1.165, 1.54) is 63.2 Å². The summed E-state index contributed by atoms with van der Waals surface area (Å²) in [6.07, 6.45) is 9.18. The highest BCUT2D eigenvalue weighted by atomic mass is 19.3. The Balaban J connectivity index is 1.27. The third kappa shape index (κ3) is 7.86. The largest absolute Gasteiger partial charge is 0.296 e. The van der Waals surface area contributed by atoms with Crippen LogP contribution in [0, 0.1) is 5.95 Å². The summed E-state index contributed by atoms with van der Waals surface area (Å²) in [6.45, 7) is 6.81. The van der Waals surface area contributed by atoms with E-state index < -0.39 is 18.1 Å². The van der Waals surface area contributed by atoms with Crippen LogP contribution in [-0.4, -0.2) is 27.3 Å². The highest BCUT2D eigenvalue weighted by molar-refractivity contribution is 5.29. The van der Waals surface area contributed by atoms with Crippen molar-refractivity contribution in [3.05, 3.63) is 52.6 Å². The second kappa shape index (κ2) is 13.3. The summed E-state index contributed by atoms with van der Waals surface area (Å²) < 4.78 is 40.9. The number of halogens is 3. The summed E-state index contributed by atoms with van der Waals surface area (Å²) in [7, 11) is 1.37. The van der Waals surface area contributed by atoms with Gasteiger partial charge in [0.25, 0.3) is 6.43 Å². The van der Waals surface area contributed by atoms with Crippen molar-refractivity contribution in [2.45, 2.75) is 109 Å². The molecule has 0 radical (unpaired) electrons. The van der Waals surface area contributed by atoms with E-state index in [9.17, 15) is 13.2 Å². The maximum atomic E-state index is 14.0. The number of hydrogen-bond acceptors (Lipinski definition) is 2. The molecule has 6 heteroatoms. The molecule has 1 aromatic carbocycles. The molecular weight excluding hydrogens is 435 g/mol. The Bertz CT molecular complexity index is 874. The Labute approximate surface area is 203 Å². The Morgan fingerprint density at radius 2 is 1.59 bits per heavy atom. The van der Waals surface area contributed by atoms with Gasteiger partial charge in [-0.25, -0.2) is 13.5 Å². The highest BCUT2D eigenvalue weighted by Gasteiger charge is 2.29. The van der Waals surface area contributed by atoms with Gasteiger partial charge in [-0.1, -0.05) is 76.6 Å². The predicted octanol–water partition coefficient (Wildman–Crippen LogP) is 7.95. The zero-order chi connectivity index (χ0) is 24.5. The van der Waals surface area contributed by atoms with Crippen LogP contribution in [0.2, 0.25) is 0 Å². The predicted molar refractivity (Wildman–Crippen MR) is 133 cm³/mol. The summed E-state index contributed by atoms with van der Waals surface area (Å²) in [5, 5.41) is 3.62. The van der Waals surface area contributed by atoms with Crippen molar-refractivity contribution in [1.82, 2.24) is 14.7 Å². The number of benzene rings is 1. The van der Waals surface area contributed by atoms with Gasteiger partial charge in [-0.05, 0) is 55.7 Å². The van der Waals surface area contributed by atoms with Crippen molar-refractivity contribution in [2.75, 3.05) is 6.54 Å². The lowest BCUT2D eigenvalue weighted by molar-refractivity contribution is 0.144. The van der Waals surface area contributed by atoms with E-state index in [1.807, 2.05) is 0 Å². The van der Waals surface area contributed by atoms with Crippen molar-refractivity contribution >= 4 is 0 Å². The average Bonchev–Trinajstić information content (AvgIpc) is 3.61. The van der Waals surface area contributed by atoms with E-state index in [0.717, 1.165) is 43.0 Å². The molecule has 3 rings (SSSR count). The van der Waals surface area contributed by atoms with Crippen molar-refractivity contribution in [3.8, 4) is 0 Å². The van der Waals surface area contributed by atoms with Crippen LogP contribution >= 0.6 is 0 Å². The Morgan fingerprint density at radius 1 is 0.971 bits per heavy atom. The van der Waals surface area contributed by atoms with E-state index in [2.05, 4.69) is 48.1 Å². The molecule has 1 aliphatic rings. The number of alkyl halides is 2. The smallest absolute Gasteiger partial charge is 0.282 e. The molecule has 34 heavy (non-hydrogen) atoms. The van der Waals surface area contributed by atoms with E-state index in [1.54, 1.807) is 0 Å². The molecule has 0 saturated heterocycles. The molecule has 3 nitrogen and oxygen atoms in total. The molecule has 190 valence electrons. The normalized spacial score (nSPS) is 14.1. The van der Waals surface area contributed by atoms with Crippen molar-refractivity contribution in [2.24, 2.45) is 7.05 Å². The summed E-state index contributed by atoms with van der Waals surface area (Å²) in [5.41, 5.74) is 2.66. The van der Waals surface area contributed by atoms with E-state index >= 15 is 0 Å².